The van der Waals surface area contributed by atoms with Gasteiger partial charge in [0.2, 0.25) is 0 Å². The average Bonchev–Trinajstić information content (AvgIpc) is 3.02. The van der Waals surface area contributed by atoms with Crippen molar-refractivity contribution in [3.63, 3.8) is 0 Å². The fourth-order valence-electron chi connectivity index (χ4n) is 3.14. The van der Waals surface area contributed by atoms with Crippen molar-refractivity contribution in [2.24, 2.45) is 0 Å². The van der Waals surface area contributed by atoms with Crippen LogP contribution in [0.5, 0.6) is 0 Å². The van der Waals surface area contributed by atoms with Gasteiger partial charge in [-0.05, 0) is 30.3 Å². The molecule has 1 fully saturated rings. The summed E-state index contributed by atoms with van der Waals surface area (Å²) in [4.78, 5) is 6.72. The highest BCUT2D eigenvalue weighted by Crippen LogP contribution is 2.25. The van der Waals surface area contributed by atoms with Crippen molar-refractivity contribution in [1.82, 2.24) is 25.0 Å². The maximum absolute atomic E-state index is 6.00. The predicted octanol–water partition coefficient (Wildman–Crippen LogP) is 2.39. The monoisotopic (exact) mass is 356 g/mol. The van der Waals surface area contributed by atoms with Crippen molar-refractivity contribution in [3.05, 3.63) is 47.7 Å². The Morgan fingerprint density at radius 1 is 1.12 bits per heavy atom. The molecule has 7 heteroatoms. The Morgan fingerprint density at radius 2 is 1.92 bits per heavy atom. The number of anilines is 1. The number of hydrogen-bond donors (Lipinski definition) is 2. The summed E-state index contributed by atoms with van der Waals surface area (Å²) < 4.78 is 1.91. The van der Waals surface area contributed by atoms with E-state index in [4.69, 9.17) is 16.7 Å². The molecule has 3 heterocycles. The van der Waals surface area contributed by atoms with Gasteiger partial charge in [-0.15, -0.1) is 5.10 Å². The Balaban J connectivity index is 1.55. The molecule has 3 aromatic rings. The van der Waals surface area contributed by atoms with Gasteiger partial charge in [0.25, 0.3) is 0 Å². The van der Waals surface area contributed by atoms with Gasteiger partial charge in [0.15, 0.2) is 5.82 Å². The van der Waals surface area contributed by atoms with E-state index in [1.807, 2.05) is 41.2 Å². The van der Waals surface area contributed by atoms with E-state index in [-0.39, 0.29) is 0 Å². The number of halogens is 1. The third-order valence-corrected chi connectivity index (χ3v) is 4.74. The quantitative estimate of drug-likeness (QED) is 0.735. The van der Waals surface area contributed by atoms with Crippen LogP contribution < -0.4 is 10.6 Å². The molecule has 0 atom stereocenters. The van der Waals surface area contributed by atoms with Crippen molar-refractivity contribution in [2.75, 3.05) is 44.6 Å². The number of benzene rings is 1. The summed E-state index contributed by atoms with van der Waals surface area (Å²) >= 11 is 6.00. The minimum atomic E-state index is 0.715. The molecule has 1 aliphatic rings. The number of nitrogens with zero attached hydrogens (tertiary/aromatic N) is 4. The molecule has 2 N–H and O–H groups in total. The number of fused-ring (bicyclic) bond motifs is 1. The molecule has 0 bridgehead atoms. The Morgan fingerprint density at radius 3 is 2.72 bits per heavy atom. The molecule has 1 saturated heterocycles. The summed E-state index contributed by atoms with van der Waals surface area (Å²) in [6, 6.07) is 9.68. The van der Waals surface area contributed by atoms with Crippen LogP contribution in [-0.4, -0.2) is 58.9 Å². The summed E-state index contributed by atoms with van der Waals surface area (Å²) in [7, 11) is 0. The minimum absolute atomic E-state index is 0.715. The van der Waals surface area contributed by atoms with Gasteiger partial charge in [0.05, 0.1) is 17.4 Å². The largest absolute Gasteiger partial charge is 0.367 e. The van der Waals surface area contributed by atoms with Gasteiger partial charge >= 0.3 is 0 Å². The van der Waals surface area contributed by atoms with E-state index in [9.17, 15) is 0 Å². The lowest BCUT2D eigenvalue weighted by atomic mass is 10.3. The van der Waals surface area contributed by atoms with E-state index >= 15 is 0 Å². The number of pyridine rings is 1. The first kappa shape index (κ1) is 16.3. The lowest BCUT2D eigenvalue weighted by Crippen LogP contribution is -2.45. The summed E-state index contributed by atoms with van der Waals surface area (Å²) in [5.74, 6) is 0.891. The third kappa shape index (κ3) is 3.61. The van der Waals surface area contributed by atoms with Crippen LogP contribution in [0.3, 0.4) is 0 Å². The van der Waals surface area contributed by atoms with E-state index in [1.165, 1.54) is 0 Å². The average molecular weight is 357 g/mol. The van der Waals surface area contributed by atoms with Crippen LogP contribution in [0.2, 0.25) is 5.02 Å². The summed E-state index contributed by atoms with van der Waals surface area (Å²) in [5.41, 5.74) is 1.95. The lowest BCUT2D eigenvalue weighted by Gasteiger charge is -2.27. The second-order valence-corrected chi connectivity index (χ2v) is 6.58. The molecule has 1 aliphatic heterocycles. The molecular weight excluding hydrogens is 336 g/mol. The van der Waals surface area contributed by atoms with Gasteiger partial charge in [0, 0.05) is 55.9 Å². The number of aromatic nitrogens is 3. The Kier molecular flexibility index (Phi) is 4.83. The third-order valence-electron chi connectivity index (χ3n) is 4.48. The predicted molar refractivity (Wildman–Crippen MR) is 102 cm³/mol. The van der Waals surface area contributed by atoms with Crippen LogP contribution in [-0.2, 0) is 0 Å². The molecule has 0 saturated carbocycles. The second kappa shape index (κ2) is 7.39. The Hall–Kier alpha value is -2.15. The molecule has 0 radical (unpaired) electrons. The standard InChI is InChI=1S/C18H21ClN6/c19-14-1-3-15(4-2-14)25-17-13-21-6-5-16(17)18(23-25)22-9-12-24-10-7-20-8-11-24/h1-6,13,20H,7-12H2,(H,22,23). The SMILES string of the molecule is Clc1ccc(-n2nc(NCCN3CCNCC3)c3ccncc32)cc1. The highest BCUT2D eigenvalue weighted by molar-refractivity contribution is 6.30. The van der Waals surface area contributed by atoms with Crippen LogP contribution >= 0.6 is 11.6 Å². The Bertz CT molecular complexity index is 838. The molecule has 25 heavy (non-hydrogen) atoms. The summed E-state index contributed by atoms with van der Waals surface area (Å²) in [6.45, 7) is 6.23. The van der Waals surface area contributed by atoms with Crippen LogP contribution in [0.1, 0.15) is 0 Å². The van der Waals surface area contributed by atoms with Gasteiger partial charge in [-0.2, -0.15) is 0 Å². The normalized spacial score (nSPS) is 15.6. The van der Waals surface area contributed by atoms with Crippen LogP contribution in [0.25, 0.3) is 16.6 Å². The van der Waals surface area contributed by atoms with Gasteiger partial charge in [-0.1, -0.05) is 11.6 Å². The lowest BCUT2D eigenvalue weighted by molar-refractivity contribution is 0.249. The number of hydrogen-bond acceptors (Lipinski definition) is 5. The van der Waals surface area contributed by atoms with Crippen LogP contribution in [0.15, 0.2) is 42.7 Å². The molecular formula is C18H21ClN6. The topological polar surface area (TPSA) is 58.0 Å². The molecule has 6 nitrogen and oxygen atoms in total. The van der Waals surface area contributed by atoms with E-state index < -0.39 is 0 Å². The van der Waals surface area contributed by atoms with Crippen LogP contribution in [0.4, 0.5) is 5.82 Å². The van der Waals surface area contributed by atoms with Crippen molar-refractivity contribution < 1.29 is 0 Å². The molecule has 4 rings (SSSR count). The first-order chi connectivity index (χ1) is 12.3. The number of piperazine rings is 1. The number of nitrogens with one attached hydrogen (secondary N) is 2. The summed E-state index contributed by atoms with van der Waals surface area (Å²) in [6.07, 6.45) is 3.65. The smallest absolute Gasteiger partial charge is 0.156 e. The van der Waals surface area contributed by atoms with Crippen LogP contribution in [0, 0.1) is 0 Å². The zero-order chi connectivity index (χ0) is 17.1. The van der Waals surface area contributed by atoms with E-state index in [0.29, 0.717) is 5.02 Å². The maximum atomic E-state index is 6.00. The van der Waals surface area contributed by atoms with Crippen molar-refractivity contribution in [1.29, 1.82) is 0 Å². The fraction of sp³-hybridized carbons (Fsp3) is 0.333. The molecule has 0 spiro atoms. The first-order valence-corrected chi connectivity index (χ1v) is 8.95. The van der Waals surface area contributed by atoms with Crippen molar-refractivity contribution in [2.45, 2.75) is 0 Å². The second-order valence-electron chi connectivity index (χ2n) is 6.15. The first-order valence-electron chi connectivity index (χ1n) is 8.57. The molecule has 0 unspecified atom stereocenters. The number of rotatable bonds is 5. The summed E-state index contributed by atoms with van der Waals surface area (Å²) in [5, 5.41) is 13.4. The van der Waals surface area contributed by atoms with E-state index in [0.717, 1.165) is 61.7 Å². The molecule has 0 aliphatic carbocycles. The molecule has 130 valence electrons. The zero-order valence-corrected chi connectivity index (χ0v) is 14.7. The van der Waals surface area contributed by atoms with E-state index in [1.54, 1.807) is 6.20 Å². The zero-order valence-electron chi connectivity index (χ0n) is 14.0. The van der Waals surface area contributed by atoms with Gasteiger partial charge in [0.1, 0.15) is 0 Å². The highest BCUT2D eigenvalue weighted by atomic mass is 35.5. The minimum Gasteiger partial charge on any atom is -0.367 e. The Labute approximate surface area is 151 Å². The molecule has 2 aromatic heterocycles. The van der Waals surface area contributed by atoms with E-state index in [2.05, 4.69) is 20.5 Å². The molecule has 1 aromatic carbocycles. The highest BCUT2D eigenvalue weighted by Gasteiger charge is 2.13. The van der Waals surface area contributed by atoms with Crippen molar-refractivity contribution >= 4 is 28.3 Å². The van der Waals surface area contributed by atoms with Gasteiger partial charge in [-0.25, -0.2) is 4.68 Å². The van der Waals surface area contributed by atoms with Gasteiger partial charge in [-0.3, -0.25) is 9.88 Å². The maximum Gasteiger partial charge on any atom is 0.156 e. The molecule has 0 amide bonds. The van der Waals surface area contributed by atoms with Gasteiger partial charge < -0.3 is 10.6 Å². The van der Waals surface area contributed by atoms with Crippen molar-refractivity contribution in [3.8, 4) is 5.69 Å². The fourth-order valence-corrected chi connectivity index (χ4v) is 3.27.